The maximum Gasteiger partial charge on any atom is 0.173 e. The minimum absolute atomic E-state index is 0.0497. The van der Waals surface area contributed by atoms with Crippen molar-refractivity contribution in [1.82, 2.24) is 4.98 Å². The van der Waals surface area contributed by atoms with Gasteiger partial charge in [-0.15, -0.1) is 0 Å². The molecule has 0 spiro atoms. The zero-order valence-electron chi connectivity index (χ0n) is 11.3. The second kappa shape index (κ2) is 7.06. The molecule has 1 aliphatic rings. The van der Waals surface area contributed by atoms with Crippen molar-refractivity contribution in [2.45, 2.75) is 18.9 Å². The standard InChI is InChI=1S/C13H20N4O3/c14-12(16-19)11-2-1-5-15-13(11)17-6-3-10(4-7-17)20-9-8-18/h1-2,5,10,18-19H,3-4,6-9H2,(H2,14,16). The number of rotatable bonds is 5. The van der Waals surface area contributed by atoms with Crippen molar-refractivity contribution in [2.75, 3.05) is 31.2 Å². The summed E-state index contributed by atoms with van der Waals surface area (Å²) in [5.74, 6) is 0.787. The van der Waals surface area contributed by atoms with Gasteiger partial charge in [0.1, 0.15) is 5.82 Å². The van der Waals surface area contributed by atoms with E-state index in [1.54, 1.807) is 18.3 Å². The molecule has 1 aliphatic heterocycles. The van der Waals surface area contributed by atoms with Crippen LogP contribution in [0.15, 0.2) is 23.5 Å². The van der Waals surface area contributed by atoms with Crippen molar-refractivity contribution in [2.24, 2.45) is 10.9 Å². The highest BCUT2D eigenvalue weighted by Gasteiger charge is 2.23. The van der Waals surface area contributed by atoms with Crippen LogP contribution >= 0.6 is 0 Å². The number of pyridine rings is 1. The number of aliphatic hydroxyl groups excluding tert-OH is 1. The van der Waals surface area contributed by atoms with Gasteiger partial charge in [0.2, 0.25) is 0 Å². The molecular formula is C13H20N4O3. The van der Waals surface area contributed by atoms with E-state index in [1.165, 1.54) is 0 Å². The van der Waals surface area contributed by atoms with Crippen LogP contribution in [0.25, 0.3) is 0 Å². The highest BCUT2D eigenvalue weighted by molar-refractivity contribution is 6.01. The van der Waals surface area contributed by atoms with Gasteiger partial charge in [0, 0.05) is 19.3 Å². The number of hydrogen-bond acceptors (Lipinski definition) is 6. The van der Waals surface area contributed by atoms with Gasteiger partial charge in [0.05, 0.1) is 24.9 Å². The molecule has 1 saturated heterocycles. The summed E-state index contributed by atoms with van der Waals surface area (Å²) in [5, 5.41) is 20.6. The Hall–Kier alpha value is -1.86. The van der Waals surface area contributed by atoms with Crippen molar-refractivity contribution in [3.8, 4) is 0 Å². The van der Waals surface area contributed by atoms with E-state index in [1.807, 2.05) is 0 Å². The van der Waals surface area contributed by atoms with Gasteiger partial charge in [-0.25, -0.2) is 4.98 Å². The lowest BCUT2D eigenvalue weighted by atomic mass is 10.1. The first-order valence-electron chi connectivity index (χ1n) is 6.66. The Bertz CT molecular complexity index is 459. The van der Waals surface area contributed by atoms with Crippen LogP contribution in [0, 0.1) is 0 Å². The van der Waals surface area contributed by atoms with E-state index in [0.29, 0.717) is 12.2 Å². The molecule has 20 heavy (non-hydrogen) atoms. The lowest BCUT2D eigenvalue weighted by molar-refractivity contribution is 0.0158. The number of nitrogens with zero attached hydrogens (tertiary/aromatic N) is 3. The molecule has 2 heterocycles. The summed E-state index contributed by atoms with van der Waals surface area (Å²) in [6, 6.07) is 3.54. The SMILES string of the molecule is N/C(=N/O)c1cccnc1N1CCC(OCCO)CC1. The Morgan fingerprint density at radius 1 is 1.50 bits per heavy atom. The number of oxime groups is 1. The molecule has 110 valence electrons. The van der Waals surface area contributed by atoms with Gasteiger partial charge in [0.25, 0.3) is 0 Å². The number of aliphatic hydroxyl groups is 1. The topological polar surface area (TPSA) is 104 Å². The van der Waals surface area contributed by atoms with Crippen molar-refractivity contribution in [3.63, 3.8) is 0 Å². The maximum absolute atomic E-state index is 8.82. The van der Waals surface area contributed by atoms with E-state index < -0.39 is 0 Å². The molecule has 2 rings (SSSR count). The first-order valence-corrected chi connectivity index (χ1v) is 6.66. The minimum Gasteiger partial charge on any atom is -0.409 e. The molecule has 0 atom stereocenters. The smallest absolute Gasteiger partial charge is 0.173 e. The molecule has 0 aromatic carbocycles. The molecule has 0 saturated carbocycles. The van der Waals surface area contributed by atoms with Gasteiger partial charge < -0.3 is 25.7 Å². The Labute approximate surface area is 117 Å². The van der Waals surface area contributed by atoms with Gasteiger partial charge in [-0.1, -0.05) is 5.16 Å². The molecule has 7 heteroatoms. The number of hydrogen-bond donors (Lipinski definition) is 3. The Balaban J connectivity index is 2.04. The second-order valence-electron chi connectivity index (χ2n) is 4.64. The third kappa shape index (κ3) is 3.37. The molecule has 0 radical (unpaired) electrons. The highest BCUT2D eigenvalue weighted by atomic mass is 16.5. The third-order valence-corrected chi connectivity index (χ3v) is 3.36. The normalized spacial score (nSPS) is 17.4. The molecule has 1 aromatic rings. The summed E-state index contributed by atoms with van der Waals surface area (Å²) in [6.45, 7) is 2.01. The number of amidine groups is 1. The van der Waals surface area contributed by atoms with E-state index in [-0.39, 0.29) is 18.5 Å². The van der Waals surface area contributed by atoms with Crippen LogP contribution in [-0.4, -0.2) is 53.5 Å². The van der Waals surface area contributed by atoms with Crippen LogP contribution in [-0.2, 0) is 4.74 Å². The second-order valence-corrected chi connectivity index (χ2v) is 4.64. The molecule has 0 unspecified atom stereocenters. The van der Waals surface area contributed by atoms with Crippen molar-refractivity contribution in [3.05, 3.63) is 23.9 Å². The Morgan fingerprint density at radius 2 is 2.25 bits per heavy atom. The maximum atomic E-state index is 8.82. The van der Waals surface area contributed by atoms with Crippen LogP contribution < -0.4 is 10.6 Å². The molecule has 0 amide bonds. The summed E-state index contributed by atoms with van der Waals surface area (Å²) in [7, 11) is 0. The summed E-state index contributed by atoms with van der Waals surface area (Å²) in [6.07, 6.45) is 3.60. The molecule has 0 aliphatic carbocycles. The Morgan fingerprint density at radius 3 is 2.90 bits per heavy atom. The van der Waals surface area contributed by atoms with Crippen LogP contribution in [0.5, 0.6) is 0 Å². The van der Waals surface area contributed by atoms with Crippen molar-refractivity contribution in [1.29, 1.82) is 0 Å². The lowest BCUT2D eigenvalue weighted by Gasteiger charge is -2.33. The molecule has 7 nitrogen and oxygen atoms in total. The van der Waals surface area contributed by atoms with E-state index in [9.17, 15) is 0 Å². The largest absolute Gasteiger partial charge is 0.409 e. The van der Waals surface area contributed by atoms with Gasteiger partial charge >= 0.3 is 0 Å². The van der Waals surface area contributed by atoms with Crippen molar-refractivity contribution >= 4 is 11.7 Å². The number of anilines is 1. The average Bonchev–Trinajstić information content (AvgIpc) is 2.52. The van der Waals surface area contributed by atoms with E-state index in [4.69, 9.17) is 20.8 Å². The van der Waals surface area contributed by atoms with Gasteiger partial charge in [-0.3, -0.25) is 0 Å². The fraction of sp³-hybridized carbons (Fsp3) is 0.538. The molecular weight excluding hydrogens is 260 g/mol. The zero-order valence-corrected chi connectivity index (χ0v) is 11.3. The molecule has 4 N–H and O–H groups in total. The average molecular weight is 280 g/mol. The first-order chi connectivity index (χ1) is 9.76. The summed E-state index contributed by atoms with van der Waals surface area (Å²) in [5.41, 5.74) is 6.31. The van der Waals surface area contributed by atoms with E-state index in [0.717, 1.165) is 31.7 Å². The first kappa shape index (κ1) is 14.5. The number of piperidine rings is 1. The lowest BCUT2D eigenvalue weighted by Crippen LogP contribution is -2.39. The predicted molar refractivity (Wildman–Crippen MR) is 75.0 cm³/mol. The molecule has 0 bridgehead atoms. The fourth-order valence-electron chi connectivity index (χ4n) is 2.36. The third-order valence-electron chi connectivity index (χ3n) is 3.36. The minimum atomic E-state index is 0.0497. The number of ether oxygens (including phenoxy) is 1. The van der Waals surface area contributed by atoms with Gasteiger partial charge in [-0.2, -0.15) is 0 Å². The van der Waals surface area contributed by atoms with Crippen LogP contribution in [0.3, 0.4) is 0 Å². The van der Waals surface area contributed by atoms with Crippen LogP contribution in [0.4, 0.5) is 5.82 Å². The predicted octanol–water partition coefficient (Wildman–Crippen LogP) is 0.154. The summed E-state index contributed by atoms with van der Waals surface area (Å²) in [4.78, 5) is 6.44. The molecule has 1 fully saturated rings. The summed E-state index contributed by atoms with van der Waals surface area (Å²) < 4.78 is 5.53. The van der Waals surface area contributed by atoms with Crippen LogP contribution in [0.1, 0.15) is 18.4 Å². The monoisotopic (exact) mass is 280 g/mol. The van der Waals surface area contributed by atoms with E-state index >= 15 is 0 Å². The zero-order chi connectivity index (χ0) is 14.4. The van der Waals surface area contributed by atoms with E-state index in [2.05, 4.69) is 15.0 Å². The fourth-order valence-corrected chi connectivity index (χ4v) is 2.36. The number of aromatic nitrogens is 1. The highest BCUT2D eigenvalue weighted by Crippen LogP contribution is 2.22. The van der Waals surface area contributed by atoms with Crippen molar-refractivity contribution < 1.29 is 15.1 Å². The van der Waals surface area contributed by atoms with Gasteiger partial charge in [0.15, 0.2) is 5.84 Å². The summed E-state index contributed by atoms with van der Waals surface area (Å²) >= 11 is 0. The number of nitrogens with two attached hydrogens (primary N) is 1. The quantitative estimate of drug-likeness (QED) is 0.307. The van der Waals surface area contributed by atoms with Gasteiger partial charge in [-0.05, 0) is 25.0 Å². The van der Waals surface area contributed by atoms with Crippen LogP contribution in [0.2, 0.25) is 0 Å². The molecule has 1 aromatic heterocycles. The Kier molecular flexibility index (Phi) is 5.14.